The molecule has 0 heterocycles. The quantitative estimate of drug-likeness (QED) is 0.685. The van der Waals surface area contributed by atoms with Crippen molar-refractivity contribution in [1.29, 1.82) is 0 Å². The summed E-state index contributed by atoms with van der Waals surface area (Å²) in [4.78, 5) is 11.1. The van der Waals surface area contributed by atoms with Crippen LogP contribution in [0.2, 0.25) is 0 Å². The van der Waals surface area contributed by atoms with E-state index in [1.54, 1.807) is 6.92 Å². The Bertz CT molecular complexity index is 419. The van der Waals surface area contributed by atoms with E-state index in [2.05, 4.69) is 26.5 Å². The summed E-state index contributed by atoms with van der Waals surface area (Å²) in [6.07, 6.45) is 0.191. The molecule has 0 aliphatic rings. The molecule has 92 valence electrons. The number of rotatable bonds is 4. The van der Waals surface area contributed by atoms with Crippen LogP contribution in [0.4, 0.5) is 4.79 Å². The number of benzene rings is 1. The smallest absolute Gasteiger partial charge is 0.427 e. The van der Waals surface area contributed by atoms with Gasteiger partial charge in [0.05, 0.1) is 12.3 Å². The van der Waals surface area contributed by atoms with Crippen LogP contribution in [0.15, 0.2) is 33.8 Å². The summed E-state index contributed by atoms with van der Waals surface area (Å²) in [5, 5.41) is 4.04. The molecule has 1 N–H and O–H groups in total. The molecule has 1 aromatic carbocycles. The van der Waals surface area contributed by atoms with Crippen LogP contribution in [0.5, 0.6) is 0 Å². The van der Waals surface area contributed by atoms with Crippen molar-refractivity contribution in [3.63, 3.8) is 0 Å². The van der Waals surface area contributed by atoms with Crippen LogP contribution in [0, 0.1) is 0 Å². The highest BCUT2D eigenvalue weighted by Gasteiger charge is 2.03. The molecular formula is C12H15BrN2O2. The van der Waals surface area contributed by atoms with Gasteiger partial charge in [0.1, 0.15) is 0 Å². The molecule has 1 amide bonds. The van der Waals surface area contributed by atoms with Gasteiger partial charge in [0.2, 0.25) is 0 Å². The minimum absolute atomic E-state index is 0.333. The van der Waals surface area contributed by atoms with E-state index in [9.17, 15) is 4.79 Å². The van der Waals surface area contributed by atoms with Crippen molar-refractivity contribution in [3.05, 3.63) is 34.3 Å². The van der Waals surface area contributed by atoms with Crippen molar-refractivity contribution in [2.24, 2.45) is 5.10 Å². The number of hydrogen-bond donors (Lipinski definition) is 1. The zero-order chi connectivity index (χ0) is 12.7. The molecule has 0 unspecified atom stereocenters. The second kappa shape index (κ2) is 7.06. The molecule has 0 spiro atoms. The van der Waals surface area contributed by atoms with E-state index in [-0.39, 0.29) is 0 Å². The lowest BCUT2D eigenvalue weighted by Gasteiger charge is -2.05. The molecule has 17 heavy (non-hydrogen) atoms. The Morgan fingerprint density at radius 1 is 1.47 bits per heavy atom. The lowest BCUT2D eigenvalue weighted by Crippen LogP contribution is -2.20. The van der Waals surface area contributed by atoms with Crippen molar-refractivity contribution in [2.45, 2.75) is 20.3 Å². The van der Waals surface area contributed by atoms with Gasteiger partial charge in [0, 0.05) is 4.47 Å². The highest BCUT2D eigenvalue weighted by atomic mass is 79.9. The normalized spacial score (nSPS) is 11.1. The summed E-state index contributed by atoms with van der Waals surface area (Å²) in [6, 6.07) is 7.76. The molecule has 5 heteroatoms. The summed E-state index contributed by atoms with van der Waals surface area (Å²) in [6.45, 7) is 4.06. The second-order valence-corrected chi connectivity index (χ2v) is 4.17. The Hall–Kier alpha value is -1.36. The molecule has 0 fully saturated rings. The van der Waals surface area contributed by atoms with Crippen LogP contribution in [0.1, 0.15) is 25.8 Å². The molecule has 0 bridgehead atoms. The van der Waals surface area contributed by atoms with Crippen molar-refractivity contribution in [3.8, 4) is 0 Å². The third kappa shape index (κ3) is 4.56. The van der Waals surface area contributed by atoms with E-state index < -0.39 is 6.09 Å². The fourth-order valence-electron chi connectivity index (χ4n) is 1.29. The lowest BCUT2D eigenvalue weighted by molar-refractivity contribution is 0.152. The first-order chi connectivity index (χ1) is 8.17. The topological polar surface area (TPSA) is 50.7 Å². The van der Waals surface area contributed by atoms with Crippen molar-refractivity contribution in [2.75, 3.05) is 6.61 Å². The van der Waals surface area contributed by atoms with Gasteiger partial charge in [-0.15, -0.1) is 0 Å². The first kappa shape index (κ1) is 13.7. The van der Waals surface area contributed by atoms with Gasteiger partial charge in [-0.2, -0.15) is 5.10 Å². The molecule has 0 aromatic heterocycles. The van der Waals surface area contributed by atoms with Gasteiger partial charge in [-0.1, -0.05) is 35.0 Å². The van der Waals surface area contributed by atoms with Crippen molar-refractivity contribution in [1.82, 2.24) is 5.43 Å². The predicted molar refractivity (Wildman–Crippen MR) is 71.1 cm³/mol. The molecule has 0 saturated heterocycles. The van der Waals surface area contributed by atoms with Gasteiger partial charge in [0.15, 0.2) is 0 Å². The Kier molecular flexibility index (Phi) is 5.69. The third-order valence-electron chi connectivity index (χ3n) is 2.05. The highest BCUT2D eigenvalue weighted by Crippen LogP contribution is 2.13. The molecule has 0 radical (unpaired) electrons. The SMILES string of the molecule is CCOC(=O)N/N=C(/CC)c1cccc(Br)c1. The van der Waals surface area contributed by atoms with Crippen molar-refractivity contribution < 1.29 is 9.53 Å². The Morgan fingerprint density at radius 2 is 2.24 bits per heavy atom. The molecule has 0 saturated carbocycles. The fraction of sp³-hybridized carbons (Fsp3) is 0.333. The molecule has 0 aliphatic carbocycles. The van der Waals surface area contributed by atoms with Crippen LogP contribution < -0.4 is 5.43 Å². The Morgan fingerprint density at radius 3 is 2.82 bits per heavy atom. The van der Waals surface area contributed by atoms with Crippen molar-refractivity contribution >= 4 is 27.7 Å². The summed E-state index contributed by atoms with van der Waals surface area (Å²) in [5.41, 5.74) is 4.14. The number of nitrogens with one attached hydrogen (secondary N) is 1. The van der Waals surface area contributed by atoms with Gasteiger partial charge >= 0.3 is 6.09 Å². The number of ether oxygens (including phenoxy) is 1. The maximum absolute atomic E-state index is 11.1. The number of amides is 1. The van der Waals surface area contributed by atoms with Gasteiger partial charge in [0.25, 0.3) is 0 Å². The van der Waals surface area contributed by atoms with Gasteiger partial charge < -0.3 is 4.74 Å². The third-order valence-corrected chi connectivity index (χ3v) is 2.54. The van der Waals surface area contributed by atoms with Crippen LogP contribution >= 0.6 is 15.9 Å². The monoisotopic (exact) mass is 298 g/mol. The van der Waals surface area contributed by atoms with E-state index in [1.807, 2.05) is 31.2 Å². The van der Waals surface area contributed by atoms with Crippen LogP contribution in [0.3, 0.4) is 0 Å². The molecule has 0 aliphatic heterocycles. The summed E-state index contributed by atoms with van der Waals surface area (Å²) < 4.78 is 5.71. The number of carbonyl (C=O) groups is 1. The van der Waals surface area contributed by atoms with E-state index in [1.165, 1.54) is 0 Å². The average molecular weight is 299 g/mol. The Labute approximate surface area is 109 Å². The zero-order valence-electron chi connectivity index (χ0n) is 9.87. The Balaban J connectivity index is 2.77. The number of hydrogen-bond acceptors (Lipinski definition) is 3. The second-order valence-electron chi connectivity index (χ2n) is 3.25. The maximum Gasteiger partial charge on any atom is 0.427 e. The van der Waals surface area contributed by atoms with Crippen LogP contribution in [0.25, 0.3) is 0 Å². The van der Waals surface area contributed by atoms with E-state index >= 15 is 0 Å². The zero-order valence-corrected chi connectivity index (χ0v) is 11.5. The molecule has 1 aromatic rings. The summed E-state index contributed by atoms with van der Waals surface area (Å²) >= 11 is 3.40. The molecular weight excluding hydrogens is 284 g/mol. The number of hydrazone groups is 1. The van der Waals surface area contributed by atoms with Gasteiger partial charge in [-0.05, 0) is 31.0 Å². The summed E-state index contributed by atoms with van der Waals surface area (Å²) in [7, 11) is 0. The minimum Gasteiger partial charge on any atom is -0.449 e. The lowest BCUT2D eigenvalue weighted by atomic mass is 10.1. The highest BCUT2D eigenvalue weighted by molar-refractivity contribution is 9.10. The van der Waals surface area contributed by atoms with E-state index in [4.69, 9.17) is 4.74 Å². The molecule has 4 nitrogen and oxygen atoms in total. The predicted octanol–water partition coefficient (Wildman–Crippen LogP) is 3.31. The van der Waals surface area contributed by atoms with E-state index in [0.29, 0.717) is 6.61 Å². The van der Waals surface area contributed by atoms with Crippen LogP contribution in [-0.2, 0) is 4.74 Å². The standard InChI is InChI=1S/C12H15BrN2O2/c1-3-11(14-15-12(16)17-4-2)9-6-5-7-10(13)8-9/h5-8H,3-4H2,1-2H3,(H,15,16)/b14-11-. The molecule has 0 atom stereocenters. The maximum atomic E-state index is 11.1. The summed E-state index contributed by atoms with van der Waals surface area (Å²) in [5.74, 6) is 0. The van der Waals surface area contributed by atoms with Gasteiger partial charge in [-0.25, -0.2) is 10.2 Å². The fourth-order valence-corrected chi connectivity index (χ4v) is 1.69. The number of nitrogens with zero attached hydrogens (tertiary/aromatic N) is 1. The molecule has 1 rings (SSSR count). The average Bonchev–Trinajstić information content (AvgIpc) is 2.30. The van der Waals surface area contributed by atoms with Crippen LogP contribution in [-0.4, -0.2) is 18.4 Å². The minimum atomic E-state index is -0.534. The number of halogens is 1. The largest absolute Gasteiger partial charge is 0.449 e. The van der Waals surface area contributed by atoms with E-state index in [0.717, 1.165) is 22.2 Å². The first-order valence-corrected chi connectivity index (χ1v) is 6.22. The number of carbonyl (C=O) groups excluding carboxylic acids is 1. The van der Waals surface area contributed by atoms with Gasteiger partial charge in [-0.3, -0.25) is 0 Å². The first-order valence-electron chi connectivity index (χ1n) is 5.42.